The van der Waals surface area contributed by atoms with E-state index in [0.29, 0.717) is 6.04 Å². The van der Waals surface area contributed by atoms with Crippen LogP contribution in [0.3, 0.4) is 0 Å². The van der Waals surface area contributed by atoms with Crippen molar-refractivity contribution in [3.8, 4) is 11.4 Å². The van der Waals surface area contributed by atoms with E-state index < -0.39 is 0 Å². The van der Waals surface area contributed by atoms with Crippen molar-refractivity contribution in [3.05, 3.63) is 66.0 Å². The summed E-state index contributed by atoms with van der Waals surface area (Å²) < 4.78 is 15.3. The number of halogens is 1. The van der Waals surface area contributed by atoms with Gasteiger partial charge in [0.15, 0.2) is 5.82 Å². The molecular weight excluding hydrogens is 305 g/mol. The summed E-state index contributed by atoms with van der Waals surface area (Å²) in [4.78, 5) is 4.14. The molecular formula is C18H18FN5. The summed E-state index contributed by atoms with van der Waals surface area (Å²) in [5.74, 6) is 1.56. The molecule has 0 radical (unpaired) electrons. The highest BCUT2D eigenvalue weighted by molar-refractivity contribution is 5.55. The van der Waals surface area contributed by atoms with Crippen LogP contribution in [0.2, 0.25) is 0 Å². The molecule has 0 aliphatic carbocycles. The minimum Gasteiger partial charge on any atom is -0.309 e. The fourth-order valence-corrected chi connectivity index (χ4v) is 3.07. The number of aryl methyl sites for hydroxylation is 1. The quantitative estimate of drug-likeness (QED) is 0.802. The maximum atomic E-state index is 13.1. The van der Waals surface area contributed by atoms with Gasteiger partial charge in [-0.15, -0.1) is 10.2 Å². The molecule has 1 aliphatic heterocycles. The van der Waals surface area contributed by atoms with Crippen LogP contribution in [0.15, 0.2) is 48.8 Å². The van der Waals surface area contributed by atoms with Crippen molar-refractivity contribution in [2.75, 3.05) is 0 Å². The summed E-state index contributed by atoms with van der Waals surface area (Å²) in [6, 6.07) is 10.8. The highest BCUT2D eigenvalue weighted by Crippen LogP contribution is 2.23. The van der Waals surface area contributed by atoms with Crippen LogP contribution in [0.25, 0.3) is 11.4 Å². The van der Waals surface area contributed by atoms with Crippen LogP contribution in [0.1, 0.15) is 17.8 Å². The minimum absolute atomic E-state index is 0.242. The highest BCUT2D eigenvalue weighted by Gasteiger charge is 2.23. The molecule has 0 amide bonds. The predicted molar refractivity (Wildman–Crippen MR) is 88.6 cm³/mol. The predicted octanol–water partition coefficient (Wildman–Crippen LogP) is 2.58. The first kappa shape index (κ1) is 15.0. The maximum Gasteiger partial charge on any atom is 0.164 e. The number of hydrogen-bond acceptors (Lipinski definition) is 4. The Morgan fingerprint density at radius 2 is 2.04 bits per heavy atom. The molecule has 0 fully saturated rings. The van der Waals surface area contributed by atoms with Crippen molar-refractivity contribution in [1.82, 2.24) is 25.1 Å². The van der Waals surface area contributed by atoms with Gasteiger partial charge >= 0.3 is 0 Å². The van der Waals surface area contributed by atoms with Crippen LogP contribution >= 0.6 is 0 Å². The lowest BCUT2D eigenvalue weighted by Gasteiger charge is -2.25. The lowest BCUT2D eigenvalue weighted by molar-refractivity contribution is 0.380. The monoisotopic (exact) mass is 323 g/mol. The van der Waals surface area contributed by atoms with E-state index in [2.05, 4.69) is 31.1 Å². The van der Waals surface area contributed by atoms with Gasteiger partial charge in [0.25, 0.3) is 0 Å². The molecule has 1 aromatic carbocycles. The molecule has 24 heavy (non-hydrogen) atoms. The number of hydrogen-bond donors (Lipinski definition) is 1. The van der Waals surface area contributed by atoms with Crippen molar-refractivity contribution in [3.63, 3.8) is 0 Å². The van der Waals surface area contributed by atoms with Gasteiger partial charge in [0, 0.05) is 43.5 Å². The first-order chi connectivity index (χ1) is 11.8. The SMILES string of the molecule is Fc1ccc(-c2nnc3n2C[C@H](NCc2cccnc2)CC3)cc1. The van der Waals surface area contributed by atoms with Gasteiger partial charge in [-0.1, -0.05) is 6.07 Å². The molecule has 5 nitrogen and oxygen atoms in total. The number of benzene rings is 1. The molecule has 0 spiro atoms. The third-order valence-corrected chi connectivity index (χ3v) is 4.37. The molecule has 0 bridgehead atoms. The van der Waals surface area contributed by atoms with E-state index in [1.807, 2.05) is 12.3 Å². The van der Waals surface area contributed by atoms with Gasteiger partial charge in [-0.25, -0.2) is 4.39 Å². The van der Waals surface area contributed by atoms with Crippen LogP contribution in [-0.4, -0.2) is 25.8 Å². The van der Waals surface area contributed by atoms with Crippen LogP contribution in [0.4, 0.5) is 4.39 Å². The highest BCUT2D eigenvalue weighted by atomic mass is 19.1. The summed E-state index contributed by atoms with van der Waals surface area (Å²) in [5.41, 5.74) is 2.06. The molecule has 1 N–H and O–H groups in total. The van der Waals surface area contributed by atoms with E-state index in [0.717, 1.165) is 43.1 Å². The number of nitrogens with zero attached hydrogens (tertiary/aromatic N) is 4. The summed E-state index contributed by atoms with van der Waals surface area (Å²) in [7, 11) is 0. The Balaban J connectivity index is 1.50. The number of fused-ring (bicyclic) bond motifs is 1. The lowest BCUT2D eigenvalue weighted by Crippen LogP contribution is -2.37. The standard InChI is InChI=1S/C18H18FN5/c19-15-5-3-14(4-6-15)18-23-22-17-8-7-16(12-24(17)18)21-11-13-2-1-9-20-10-13/h1-6,9-10,16,21H,7-8,11-12H2/t16-/m1/s1. The molecule has 0 unspecified atom stereocenters. The zero-order valence-corrected chi connectivity index (χ0v) is 13.2. The third kappa shape index (κ3) is 3.05. The number of pyridine rings is 1. The Morgan fingerprint density at radius 1 is 1.17 bits per heavy atom. The van der Waals surface area contributed by atoms with Crippen molar-refractivity contribution in [2.24, 2.45) is 0 Å². The van der Waals surface area contributed by atoms with Gasteiger partial charge in [0.05, 0.1) is 0 Å². The summed E-state index contributed by atoms with van der Waals surface area (Å²) >= 11 is 0. The molecule has 1 aliphatic rings. The van der Waals surface area contributed by atoms with Crippen molar-refractivity contribution in [2.45, 2.75) is 32.0 Å². The zero-order chi connectivity index (χ0) is 16.4. The Labute approximate surface area is 139 Å². The molecule has 1 atom stereocenters. The van der Waals surface area contributed by atoms with E-state index >= 15 is 0 Å². The van der Waals surface area contributed by atoms with Gasteiger partial charge in [0.2, 0.25) is 0 Å². The molecule has 6 heteroatoms. The average Bonchev–Trinajstić information content (AvgIpc) is 3.05. The van der Waals surface area contributed by atoms with Gasteiger partial charge in [-0.3, -0.25) is 4.98 Å². The first-order valence-electron chi connectivity index (χ1n) is 8.10. The lowest BCUT2D eigenvalue weighted by atomic mass is 10.1. The first-order valence-corrected chi connectivity index (χ1v) is 8.10. The molecule has 2 aromatic heterocycles. The van der Waals surface area contributed by atoms with E-state index in [1.54, 1.807) is 18.3 Å². The Hall–Kier alpha value is -2.60. The number of aromatic nitrogens is 4. The second kappa shape index (κ2) is 6.49. The Bertz CT molecular complexity index is 813. The minimum atomic E-state index is -0.242. The zero-order valence-electron chi connectivity index (χ0n) is 13.2. The maximum absolute atomic E-state index is 13.1. The largest absolute Gasteiger partial charge is 0.309 e. The van der Waals surface area contributed by atoms with Gasteiger partial charge in [-0.05, 0) is 42.3 Å². The number of nitrogens with one attached hydrogen (secondary N) is 1. The summed E-state index contributed by atoms with van der Waals surface area (Å²) in [6.07, 6.45) is 5.58. The van der Waals surface area contributed by atoms with Gasteiger partial charge < -0.3 is 9.88 Å². The molecule has 3 heterocycles. The van der Waals surface area contributed by atoms with E-state index in [1.165, 1.54) is 17.7 Å². The second-order valence-electron chi connectivity index (χ2n) is 6.04. The third-order valence-electron chi connectivity index (χ3n) is 4.37. The smallest absolute Gasteiger partial charge is 0.164 e. The van der Waals surface area contributed by atoms with Gasteiger partial charge in [-0.2, -0.15) is 0 Å². The van der Waals surface area contributed by atoms with E-state index in [4.69, 9.17) is 0 Å². The van der Waals surface area contributed by atoms with Crippen molar-refractivity contribution >= 4 is 0 Å². The fourth-order valence-electron chi connectivity index (χ4n) is 3.07. The molecule has 122 valence electrons. The van der Waals surface area contributed by atoms with Crippen LogP contribution in [0, 0.1) is 5.82 Å². The Kier molecular flexibility index (Phi) is 4.04. The topological polar surface area (TPSA) is 55.6 Å². The van der Waals surface area contributed by atoms with Crippen LogP contribution in [0.5, 0.6) is 0 Å². The molecule has 0 saturated heterocycles. The van der Waals surface area contributed by atoms with Crippen molar-refractivity contribution in [1.29, 1.82) is 0 Å². The van der Waals surface area contributed by atoms with Crippen LogP contribution < -0.4 is 5.32 Å². The normalized spacial score (nSPS) is 16.8. The van der Waals surface area contributed by atoms with E-state index in [-0.39, 0.29) is 5.82 Å². The molecule has 0 saturated carbocycles. The van der Waals surface area contributed by atoms with Gasteiger partial charge in [0.1, 0.15) is 11.6 Å². The molecule has 4 rings (SSSR count). The van der Waals surface area contributed by atoms with Crippen molar-refractivity contribution < 1.29 is 4.39 Å². The Morgan fingerprint density at radius 3 is 2.83 bits per heavy atom. The molecule has 3 aromatic rings. The van der Waals surface area contributed by atoms with E-state index in [9.17, 15) is 4.39 Å². The fraction of sp³-hybridized carbons (Fsp3) is 0.278. The summed E-state index contributed by atoms with van der Waals surface area (Å²) in [5, 5.41) is 12.2. The number of rotatable bonds is 4. The summed E-state index contributed by atoms with van der Waals surface area (Å²) in [6.45, 7) is 1.61. The second-order valence-corrected chi connectivity index (χ2v) is 6.04. The van der Waals surface area contributed by atoms with Crippen LogP contribution in [-0.2, 0) is 19.5 Å². The average molecular weight is 323 g/mol.